The van der Waals surface area contributed by atoms with E-state index in [9.17, 15) is 23.9 Å². The molecule has 1 fully saturated rings. The Morgan fingerprint density at radius 1 is 1.23 bits per heavy atom. The zero-order chi connectivity index (χ0) is 21.6. The van der Waals surface area contributed by atoms with Crippen LogP contribution in [0.2, 0.25) is 0 Å². The van der Waals surface area contributed by atoms with Gasteiger partial charge in [-0.2, -0.15) is 0 Å². The molecular weight excluding hydrogens is 387 g/mol. The fraction of sp³-hybridized carbons (Fsp3) is 0.435. The maximum atomic E-state index is 13.1. The summed E-state index contributed by atoms with van der Waals surface area (Å²) in [5.41, 5.74) is 1.16. The van der Waals surface area contributed by atoms with Crippen LogP contribution >= 0.6 is 0 Å². The minimum absolute atomic E-state index is 0.0419. The molecule has 3 N–H and O–H groups in total. The van der Waals surface area contributed by atoms with Crippen molar-refractivity contribution < 1.29 is 23.9 Å². The van der Waals surface area contributed by atoms with Crippen molar-refractivity contribution in [3.05, 3.63) is 58.4 Å². The molecule has 0 bridgehead atoms. The number of benzene rings is 1. The number of halogens is 1. The number of carbonyl (C=O) groups excluding carboxylic acids is 3. The second-order valence-electron chi connectivity index (χ2n) is 9.10. The lowest BCUT2D eigenvalue weighted by molar-refractivity contribution is -0.131. The van der Waals surface area contributed by atoms with Gasteiger partial charge in [0, 0.05) is 30.6 Å². The molecule has 6 nitrogen and oxygen atoms in total. The Morgan fingerprint density at radius 2 is 1.93 bits per heavy atom. The van der Waals surface area contributed by atoms with Crippen molar-refractivity contribution in [2.24, 2.45) is 11.3 Å². The van der Waals surface area contributed by atoms with Gasteiger partial charge in [0.25, 0.3) is 5.91 Å². The second kappa shape index (κ2) is 7.56. The topological polar surface area (TPSA) is 95.5 Å². The first-order valence-corrected chi connectivity index (χ1v) is 10.1. The van der Waals surface area contributed by atoms with Gasteiger partial charge in [0.05, 0.1) is 5.57 Å². The molecule has 1 heterocycles. The van der Waals surface area contributed by atoms with Crippen molar-refractivity contribution in [1.29, 1.82) is 0 Å². The van der Waals surface area contributed by atoms with Gasteiger partial charge in [-0.1, -0.05) is 26.0 Å². The van der Waals surface area contributed by atoms with Crippen molar-refractivity contribution >= 4 is 17.5 Å². The number of rotatable bonds is 3. The Bertz CT molecular complexity index is 977. The zero-order valence-corrected chi connectivity index (χ0v) is 17.0. The van der Waals surface area contributed by atoms with Crippen LogP contribution in [-0.4, -0.2) is 41.3 Å². The first-order chi connectivity index (χ1) is 14.2. The van der Waals surface area contributed by atoms with Crippen molar-refractivity contribution in [1.82, 2.24) is 10.6 Å². The summed E-state index contributed by atoms with van der Waals surface area (Å²) in [4.78, 5) is 38.4. The summed E-state index contributed by atoms with van der Waals surface area (Å²) in [7, 11) is 0. The molecule has 2 aliphatic carbocycles. The molecular formula is C23H25FN2O4. The lowest BCUT2D eigenvalue weighted by atomic mass is 9.66. The molecule has 0 saturated carbocycles. The Balaban J connectivity index is 1.56. The number of nitrogens with one attached hydrogen (secondary N) is 2. The minimum Gasteiger partial charge on any atom is -0.380 e. The molecule has 3 aliphatic rings. The third-order valence-corrected chi connectivity index (χ3v) is 6.21. The monoisotopic (exact) mass is 412 g/mol. The lowest BCUT2D eigenvalue weighted by Gasteiger charge is -2.44. The molecule has 1 saturated heterocycles. The van der Waals surface area contributed by atoms with Crippen molar-refractivity contribution in [2.45, 2.75) is 45.4 Å². The van der Waals surface area contributed by atoms with Gasteiger partial charge in [-0.3, -0.25) is 14.4 Å². The van der Waals surface area contributed by atoms with E-state index in [0.717, 1.165) is 6.54 Å². The van der Waals surface area contributed by atoms with Crippen LogP contribution in [-0.2, 0) is 20.9 Å². The fourth-order valence-corrected chi connectivity index (χ4v) is 4.58. The van der Waals surface area contributed by atoms with E-state index in [4.69, 9.17) is 0 Å². The van der Waals surface area contributed by atoms with Crippen LogP contribution in [0.3, 0.4) is 0 Å². The molecule has 1 aromatic rings. The summed E-state index contributed by atoms with van der Waals surface area (Å²) in [6, 6.07) is 5.59. The molecule has 3 unspecified atom stereocenters. The number of Topliss-reactive ketones (excluding diaryl/α,β-unsaturated/α-hetero) is 2. The normalized spacial score (nSPS) is 27.9. The average Bonchev–Trinajstić information content (AvgIpc) is 2.70. The predicted octanol–water partition coefficient (Wildman–Crippen LogP) is 1.59. The highest BCUT2D eigenvalue weighted by Gasteiger charge is 2.47. The van der Waals surface area contributed by atoms with E-state index < -0.39 is 17.8 Å². The third kappa shape index (κ3) is 3.75. The quantitative estimate of drug-likeness (QED) is 0.656. The van der Waals surface area contributed by atoms with Gasteiger partial charge in [0.2, 0.25) is 5.78 Å². The van der Waals surface area contributed by atoms with Crippen LogP contribution in [0.15, 0.2) is 47.1 Å². The first kappa shape index (κ1) is 20.6. The zero-order valence-electron chi connectivity index (χ0n) is 17.0. The summed E-state index contributed by atoms with van der Waals surface area (Å²) in [6.45, 7) is 5.06. The Hall–Kier alpha value is -2.64. The molecule has 3 atom stereocenters. The van der Waals surface area contributed by atoms with E-state index in [-0.39, 0.29) is 46.7 Å². The number of fused-ring (bicyclic) bond motifs is 1. The van der Waals surface area contributed by atoms with E-state index in [0.29, 0.717) is 24.0 Å². The molecule has 1 aromatic carbocycles. The number of aliphatic hydroxyl groups excluding tert-OH is 1. The number of hydrogen-bond acceptors (Lipinski definition) is 5. The van der Waals surface area contributed by atoms with E-state index in [1.807, 2.05) is 0 Å². The Kier molecular flexibility index (Phi) is 5.20. The highest BCUT2D eigenvalue weighted by molar-refractivity contribution is 6.25. The third-order valence-electron chi connectivity index (χ3n) is 6.21. The molecule has 1 aliphatic heterocycles. The van der Waals surface area contributed by atoms with Gasteiger partial charge < -0.3 is 15.7 Å². The smallest absolute Gasteiger partial charge is 0.255 e. The van der Waals surface area contributed by atoms with Crippen LogP contribution in [0.5, 0.6) is 0 Å². The number of piperidine rings is 1. The molecule has 30 heavy (non-hydrogen) atoms. The first-order valence-electron chi connectivity index (χ1n) is 10.1. The van der Waals surface area contributed by atoms with Crippen molar-refractivity contribution in [3.63, 3.8) is 0 Å². The van der Waals surface area contributed by atoms with Gasteiger partial charge in [0.1, 0.15) is 11.9 Å². The van der Waals surface area contributed by atoms with E-state index in [1.165, 1.54) is 18.2 Å². The number of carbonyl (C=O) groups is 3. The molecule has 4 rings (SSSR count). The molecule has 1 amide bonds. The van der Waals surface area contributed by atoms with Crippen LogP contribution in [0, 0.1) is 17.2 Å². The van der Waals surface area contributed by atoms with Gasteiger partial charge in [-0.25, -0.2) is 4.39 Å². The van der Waals surface area contributed by atoms with Crippen LogP contribution in [0.1, 0.15) is 32.3 Å². The van der Waals surface area contributed by atoms with Gasteiger partial charge in [-0.05, 0) is 47.6 Å². The SMILES string of the molecule is CC1(C)CNC2CC3=C(C(=O)C2C1)C(O)C(=O)C(C(=O)NCc1ccc(F)cc1)=C3. The lowest BCUT2D eigenvalue weighted by Crippen LogP contribution is -2.55. The number of allylic oxidation sites excluding steroid dienone is 1. The average molecular weight is 412 g/mol. The second-order valence-corrected chi connectivity index (χ2v) is 9.10. The molecule has 158 valence electrons. The highest BCUT2D eigenvalue weighted by Crippen LogP contribution is 2.41. The Morgan fingerprint density at radius 3 is 2.63 bits per heavy atom. The van der Waals surface area contributed by atoms with Crippen molar-refractivity contribution in [3.8, 4) is 0 Å². The predicted molar refractivity (Wildman–Crippen MR) is 108 cm³/mol. The van der Waals surface area contributed by atoms with Crippen LogP contribution in [0.25, 0.3) is 0 Å². The molecule has 0 spiro atoms. The summed E-state index contributed by atoms with van der Waals surface area (Å²) in [5, 5.41) is 16.6. The summed E-state index contributed by atoms with van der Waals surface area (Å²) in [6.07, 6.45) is 1.01. The van der Waals surface area contributed by atoms with Crippen molar-refractivity contribution in [2.75, 3.05) is 6.54 Å². The summed E-state index contributed by atoms with van der Waals surface area (Å²) < 4.78 is 13.0. The molecule has 0 radical (unpaired) electrons. The Labute approximate surface area is 174 Å². The van der Waals surface area contributed by atoms with E-state index in [1.54, 1.807) is 12.1 Å². The number of aliphatic hydroxyl groups is 1. The summed E-state index contributed by atoms with van der Waals surface area (Å²) >= 11 is 0. The van der Waals surface area contributed by atoms with Gasteiger partial charge in [-0.15, -0.1) is 0 Å². The van der Waals surface area contributed by atoms with Gasteiger partial charge >= 0.3 is 0 Å². The number of ketones is 2. The maximum absolute atomic E-state index is 13.1. The number of amides is 1. The largest absolute Gasteiger partial charge is 0.380 e. The number of hydrogen-bond donors (Lipinski definition) is 3. The molecule has 0 aromatic heterocycles. The summed E-state index contributed by atoms with van der Waals surface area (Å²) in [5.74, 6) is -2.25. The molecule has 7 heteroatoms. The van der Waals surface area contributed by atoms with Crippen LogP contribution < -0.4 is 10.6 Å². The highest BCUT2D eigenvalue weighted by atomic mass is 19.1. The van der Waals surface area contributed by atoms with E-state index >= 15 is 0 Å². The minimum atomic E-state index is -1.62. The van der Waals surface area contributed by atoms with Crippen LogP contribution in [0.4, 0.5) is 4.39 Å². The van der Waals surface area contributed by atoms with Gasteiger partial charge in [0.15, 0.2) is 5.78 Å². The maximum Gasteiger partial charge on any atom is 0.255 e. The van der Waals surface area contributed by atoms with E-state index in [2.05, 4.69) is 24.5 Å². The standard InChI is InChI=1S/C23H25FN2O4/c1-23(2)9-16-17(26-11-23)8-13-7-15(20(28)21(29)18(13)19(16)27)22(30)25-10-12-3-5-14(24)6-4-12/h3-7,16-17,21,26,29H,8-11H2,1-2H3,(H,25,30). The fourth-order valence-electron chi connectivity index (χ4n) is 4.58.